The van der Waals surface area contributed by atoms with Crippen LogP contribution in [0.25, 0.3) is 5.69 Å². The minimum absolute atomic E-state index is 0.121. The largest absolute Gasteiger partial charge is 0.497 e. The lowest BCUT2D eigenvalue weighted by Gasteiger charge is -2.12. The van der Waals surface area contributed by atoms with Crippen molar-refractivity contribution in [2.45, 2.75) is 25.5 Å². The number of aryl methyl sites for hydroxylation is 1. The van der Waals surface area contributed by atoms with Gasteiger partial charge in [-0.3, -0.25) is 14.2 Å². The number of rotatable bonds is 9. The summed E-state index contributed by atoms with van der Waals surface area (Å²) in [6, 6.07) is 14.7. The number of aromatic nitrogens is 3. The predicted molar refractivity (Wildman–Crippen MR) is 118 cm³/mol. The fourth-order valence-corrected chi connectivity index (χ4v) is 3.63. The van der Waals surface area contributed by atoms with Crippen LogP contribution in [-0.4, -0.2) is 46.1 Å². The van der Waals surface area contributed by atoms with Gasteiger partial charge < -0.3 is 14.8 Å². The molecule has 2 aromatic carbocycles. The summed E-state index contributed by atoms with van der Waals surface area (Å²) >= 11 is 1.24. The maximum Gasteiger partial charge on any atom is 0.316 e. The van der Waals surface area contributed by atoms with Gasteiger partial charge in [0.1, 0.15) is 5.75 Å². The van der Waals surface area contributed by atoms with Crippen LogP contribution in [0.5, 0.6) is 5.75 Å². The third-order valence-corrected chi connectivity index (χ3v) is 5.25. The minimum atomic E-state index is -0.319. The number of thioether (sulfide) groups is 1. The quantitative estimate of drug-likeness (QED) is 0.403. The van der Waals surface area contributed by atoms with Gasteiger partial charge in [0.15, 0.2) is 11.0 Å². The van der Waals surface area contributed by atoms with Gasteiger partial charge in [-0.05, 0) is 55.8 Å². The third-order valence-electron chi connectivity index (χ3n) is 4.34. The number of nitrogens with zero attached hydrogens (tertiary/aromatic N) is 3. The number of carbonyl (C=O) groups is 2. The number of benzene rings is 2. The van der Waals surface area contributed by atoms with Crippen LogP contribution in [0.2, 0.25) is 0 Å². The molecule has 0 aliphatic heterocycles. The Labute approximate surface area is 185 Å². The lowest BCUT2D eigenvalue weighted by Crippen LogP contribution is -2.24. The highest BCUT2D eigenvalue weighted by atomic mass is 32.2. The van der Waals surface area contributed by atoms with Crippen LogP contribution >= 0.6 is 11.8 Å². The van der Waals surface area contributed by atoms with E-state index in [1.54, 1.807) is 38.3 Å². The molecule has 0 spiro atoms. The van der Waals surface area contributed by atoms with Crippen molar-refractivity contribution < 1.29 is 19.1 Å². The van der Waals surface area contributed by atoms with Crippen LogP contribution in [0.1, 0.15) is 28.7 Å². The monoisotopic (exact) mass is 440 g/mol. The topological polar surface area (TPSA) is 95.3 Å². The molecule has 1 aromatic heterocycles. The summed E-state index contributed by atoms with van der Waals surface area (Å²) in [6.45, 7) is 4.25. The Bertz CT molecular complexity index is 1050. The van der Waals surface area contributed by atoms with Crippen LogP contribution in [-0.2, 0) is 16.1 Å². The summed E-state index contributed by atoms with van der Waals surface area (Å²) in [4.78, 5) is 24.3. The Kier molecular flexibility index (Phi) is 7.66. The van der Waals surface area contributed by atoms with Gasteiger partial charge >= 0.3 is 5.97 Å². The Morgan fingerprint density at radius 1 is 1.13 bits per heavy atom. The van der Waals surface area contributed by atoms with E-state index in [1.165, 1.54) is 11.8 Å². The van der Waals surface area contributed by atoms with Crippen molar-refractivity contribution in [3.8, 4) is 11.4 Å². The second-order valence-electron chi connectivity index (χ2n) is 6.58. The van der Waals surface area contributed by atoms with E-state index in [2.05, 4.69) is 15.5 Å². The second-order valence-corrected chi connectivity index (χ2v) is 7.52. The second kappa shape index (κ2) is 10.6. The Morgan fingerprint density at radius 2 is 1.90 bits per heavy atom. The number of esters is 1. The van der Waals surface area contributed by atoms with Crippen molar-refractivity contribution in [3.05, 3.63) is 65.5 Å². The molecule has 162 valence electrons. The van der Waals surface area contributed by atoms with E-state index in [-0.39, 0.29) is 24.2 Å². The molecule has 0 unspecified atom stereocenters. The number of methoxy groups -OCH3 is 1. The molecule has 0 aliphatic carbocycles. The normalized spacial score (nSPS) is 10.5. The van der Waals surface area contributed by atoms with Crippen molar-refractivity contribution >= 4 is 23.6 Å². The van der Waals surface area contributed by atoms with Crippen molar-refractivity contribution in [2.24, 2.45) is 0 Å². The van der Waals surface area contributed by atoms with E-state index in [0.29, 0.717) is 28.9 Å². The first-order valence-electron chi connectivity index (χ1n) is 9.73. The first-order valence-corrected chi connectivity index (χ1v) is 10.7. The summed E-state index contributed by atoms with van der Waals surface area (Å²) in [5, 5.41) is 11.9. The van der Waals surface area contributed by atoms with Gasteiger partial charge in [-0.1, -0.05) is 23.9 Å². The number of carbonyl (C=O) groups excluding carboxylic acids is 2. The summed E-state index contributed by atoms with van der Waals surface area (Å²) < 4.78 is 12.0. The first-order chi connectivity index (χ1) is 15.0. The molecule has 0 radical (unpaired) electrons. The molecule has 8 nitrogen and oxygen atoms in total. The summed E-state index contributed by atoms with van der Waals surface area (Å²) in [6.07, 6.45) is 0. The fraction of sp³-hybridized carbons (Fsp3) is 0.273. The molecule has 1 N–H and O–H groups in total. The van der Waals surface area contributed by atoms with E-state index < -0.39 is 0 Å². The standard InChI is InChI=1S/C22H24N4O4S/c1-4-30-20(27)14-31-22-25-24-19(26(22)17-7-5-6-15(2)12-17)13-23-21(28)16-8-10-18(29-3)11-9-16/h5-12H,4,13-14H2,1-3H3,(H,23,28). The molecule has 3 aromatic rings. The lowest BCUT2D eigenvalue weighted by atomic mass is 10.2. The lowest BCUT2D eigenvalue weighted by molar-refractivity contribution is -0.139. The number of amides is 1. The van der Waals surface area contributed by atoms with E-state index in [1.807, 2.05) is 35.8 Å². The smallest absolute Gasteiger partial charge is 0.316 e. The van der Waals surface area contributed by atoms with E-state index in [0.717, 1.165) is 11.3 Å². The molecule has 0 atom stereocenters. The molecular formula is C22H24N4O4S. The number of ether oxygens (including phenoxy) is 2. The van der Waals surface area contributed by atoms with Gasteiger partial charge in [-0.15, -0.1) is 10.2 Å². The molecule has 9 heteroatoms. The predicted octanol–water partition coefficient (Wildman–Crippen LogP) is 3.17. The van der Waals surface area contributed by atoms with E-state index in [9.17, 15) is 9.59 Å². The first kappa shape index (κ1) is 22.4. The molecular weight excluding hydrogens is 416 g/mol. The van der Waals surface area contributed by atoms with Gasteiger partial charge in [0.2, 0.25) is 0 Å². The molecule has 1 heterocycles. The number of nitrogens with one attached hydrogen (secondary N) is 1. The fourth-order valence-electron chi connectivity index (χ4n) is 2.86. The zero-order valence-electron chi connectivity index (χ0n) is 17.6. The highest BCUT2D eigenvalue weighted by Crippen LogP contribution is 2.23. The van der Waals surface area contributed by atoms with Crippen LogP contribution in [0.3, 0.4) is 0 Å². The summed E-state index contributed by atoms with van der Waals surface area (Å²) in [5.41, 5.74) is 2.44. The molecule has 0 saturated carbocycles. The Balaban J connectivity index is 1.80. The highest BCUT2D eigenvalue weighted by molar-refractivity contribution is 7.99. The van der Waals surface area contributed by atoms with Gasteiger partial charge in [0.05, 0.1) is 26.0 Å². The van der Waals surface area contributed by atoms with Crippen LogP contribution in [0, 0.1) is 6.92 Å². The molecule has 0 aliphatic rings. The zero-order valence-corrected chi connectivity index (χ0v) is 18.4. The highest BCUT2D eigenvalue weighted by Gasteiger charge is 2.17. The van der Waals surface area contributed by atoms with Gasteiger partial charge in [0, 0.05) is 11.3 Å². The van der Waals surface area contributed by atoms with Crippen molar-refractivity contribution in [1.29, 1.82) is 0 Å². The Morgan fingerprint density at radius 3 is 2.58 bits per heavy atom. The third kappa shape index (κ3) is 5.85. The Hall–Kier alpha value is -3.33. The van der Waals surface area contributed by atoms with Crippen LogP contribution in [0.15, 0.2) is 53.7 Å². The maximum atomic E-state index is 12.5. The van der Waals surface area contributed by atoms with Crippen LogP contribution < -0.4 is 10.1 Å². The molecule has 0 fully saturated rings. The van der Waals surface area contributed by atoms with E-state index >= 15 is 0 Å². The molecule has 3 rings (SSSR count). The zero-order chi connectivity index (χ0) is 22.2. The maximum absolute atomic E-state index is 12.5. The SMILES string of the molecule is CCOC(=O)CSc1nnc(CNC(=O)c2ccc(OC)cc2)n1-c1cccc(C)c1. The molecule has 1 amide bonds. The molecule has 0 saturated heterocycles. The minimum Gasteiger partial charge on any atom is -0.497 e. The molecule has 31 heavy (non-hydrogen) atoms. The summed E-state index contributed by atoms with van der Waals surface area (Å²) in [5.74, 6) is 0.802. The average molecular weight is 441 g/mol. The number of hydrogen-bond acceptors (Lipinski definition) is 7. The van der Waals surface area contributed by atoms with Crippen LogP contribution in [0.4, 0.5) is 0 Å². The van der Waals surface area contributed by atoms with Gasteiger partial charge in [-0.25, -0.2) is 0 Å². The molecule has 0 bridgehead atoms. The summed E-state index contributed by atoms with van der Waals surface area (Å²) in [7, 11) is 1.57. The van der Waals surface area contributed by atoms with Crippen molar-refractivity contribution in [3.63, 3.8) is 0 Å². The number of hydrogen-bond donors (Lipinski definition) is 1. The van der Waals surface area contributed by atoms with E-state index in [4.69, 9.17) is 9.47 Å². The van der Waals surface area contributed by atoms with Gasteiger partial charge in [-0.2, -0.15) is 0 Å². The van der Waals surface area contributed by atoms with Crippen molar-refractivity contribution in [2.75, 3.05) is 19.5 Å². The average Bonchev–Trinajstić information content (AvgIpc) is 3.19. The van der Waals surface area contributed by atoms with Crippen molar-refractivity contribution in [1.82, 2.24) is 20.1 Å². The van der Waals surface area contributed by atoms with Gasteiger partial charge in [0.25, 0.3) is 5.91 Å².